The molecule has 0 spiro atoms. The molecule has 4 atom stereocenters. The van der Waals surface area contributed by atoms with Crippen molar-refractivity contribution in [3.8, 4) is 0 Å². The van der Waals surface area contributed by atoms with E-state index in [1.807, 2.05) is 0 Å². The summed E-state index contributed by atoms with van der Waals surface area (Å²) < 4.78 is 0. The minimum Gasteiger partial charge on any atom is -0.392 e. The number of carbonyl (C=O) groups is 2. The van der Waals surface area contributed by atoms with Crippen LogP contribution in [0.2, 0.25) is 0 Å². The standard InChI is InChI=1S/C18H26O3/c1-16(2)6-4-7-17(3)13(16)10-15(21)18(11-19)8-5-12(20)9-14(17)18/h9,11,13,15,21H,4-8,10H2,1-3H3/t13-,15-,17-,18-/m1/s1. The lowest BCUT2D eigenvalue weighted by Gasteiger charge is -2.61. The van der Waals surface area contributed by atoms with E-state index in [1.54, 1.807) is 6.08 Å². The monoisotopic (exact) mass is 290 g/mol. The normalized spacial score (nSPS) is 45.3. The first kappa shape index (κ1) is 15.0. The van der Waals surface area contributed by atoms with E-state index in [0.29, 0.717) is 25.2 Å². The summed E-state index contributed by atoms with van der Waals surface area (Å²) in [6.07, 6.45) is 6.80. The number of aldehydes is 1. The van der Waals surface area contributed by atoms with Crippen LogP contribution in [0.15, 0.2) is 11.6 Å². The van der Waals surface area contributed by atoms with Gasteiger partial charge in [0, 0.05) is 6.42 Å². The van der Waals surface area contributed by atoms with Crippen LogP contribution in [0.5, 0.6) is 0 Å². The van der Waals surface area contributed by atoms with E-state index in [9.17, 15) is 14.7 Å². The van der Waals surface area contributed by atoms with Gasteiger partial charge < -0.3 is 9.90 Å². The van der Waals surface area contributed by atoms with Gasteiger partial charge in [-0.2, -0.15) is 0 Å². The van der Waals surface area contributed by atoms with Gasteiger partial charge in [-0.05, 0) is 54.1 Å². The molecule has 2 saturated carbocycles. The fraction of sp³-hybridized carbons (Fsp3) is 0.778. The van der Waals surface area contributed by atoms with Crippen molar-refractivity contribution < 1.29 is 14.7 Å². The summed E-state index contributed by atoms with van der Waals surface area (Å²) in [6, 6.07) is 0. The molecule has 3 rings (SSSR count). The Bertz CT molecular complexity index is 519. The zero-order chi connectivity index (χ0) is 15.5. The minimum absolute atomic E-state index is 0.111. The highest BCUT2D eigenvalue weighted by Gasteiger charge is 2.61. The van der Waals surface area contributed by atoms with Crippen LogP contribution in [0.4, 0.5) is 0 Å². The van der Waals surface area contributed by atoms with Crippen molar-refractivity contribution in [2.24, 2.45) is 22.2 Å². The molecule has 0 aromatic carbocycles. The maximum Gasteiger partial charge on any atom is 0.155 e. The third kappa shape index (κ3) is 1.89. The lowest BCUT2D eigenvalue weighted by Crippen LogP contribution is -2.58. The number of aliphatic hydroxyl groups is 1. The van der Waals surface area contributed by atoms with E-state index >= 15 is 0 Å². The summed E-state index contributed by atoms with van der Waals surface area (Å²) >= 11 is 0. The smallest absolute Gasteiger partial charge is 0.155 e. The fourth-order valence-electron chi connectivity index (χ4n) is 5.53. The lowest BCUT2D eigenvalue weighted by molar-refractivity contribution is -0.138. The molecule has 3 heteroatoms. The zero-order valence-electron chi connectivity index (χ0n) is 13.3. The molecule has 0 amide bonds. The maximum atomic E-state index is 12.0. The molecule has 21 heavy (non-hydrogen) atoms. The van der Waals surface area contributed by atoms with Gasteiger partial charge in [-0.1, -0.05) is 27.2 Å². The summed E-state index contributed by atoms with van der Waals surface area (Å²) in [7, 11) is 0. The Kier molecular flexibility index (Phi) is 3.22. The van der Waals surface area contributed by atoms with Crippen molar-refractivity contribution in [1.29, 1.82) is 0 Å². The van der Waals surface area contributed by atoms with E-state index < -0.39 is 11.5 Å². The van der Waals surface area contributed by atoms with Crippen LogP contribution in [-0.4, -0.2) is 23.3 Å². The minimum atomic E-state index is -0.813. The Morgan fingerprint density at radius 2 is 1.95 bits per heavy atom. The van der Waals surface area contributed by atoms with E-state index in [-0.39, 0.29) is 16.6 Å². The van der Waals surface area contributed by atoms with Crippen LogP contribution in [0.3, 0.4) is 0 Å². The summed E-state index contributed by atoms with van der Waals surface area (Å²) in [5.74, 6) is 0.443. The summed E-state index contributed by atoms with van der Waals surface area (Å²) in [6.45, 7) is 6.75. The Morgan fingerprint density at radius 1 is 1.24 bits per heavy atom. The maximum absolute atomic E-state index is 12.0. The van der Waals surface area contributed by atoms with Crippen LogP contribution >= 0.6 is 0 Å². The second-order valence-corrected chi connectivity index (χ2v) is 8.25. The number of aliphatic hydroxyl groups excluding tert-OH is 1. The van der Waals surface area contributed by atoms with Gasteiger partial charge in [0.2, 0.25) is 0 Å². The number of carbonyl (C=O) groups excluding carboxylic acids is 2. The molecule has 0 radical (unpaired) electrons. The third-order valence-corrected chi connectivity index (χ3v) is 6.70. The molecular formula is C18H26O3. The van der Waals surface area contributed by atoms with Gasteiger partial charge in [-0.15, -0.1) is 0 Å². The molecule has 0 aromatic heterocycles. The number of hydrogen-bond donors (Lipinski definition) is 1. The number of fused-ring (bicyclic) bond motifs is 3. The molecule has 3 nitrogen and oxygen atoms in total. The predicted octanol–water partition coefficient (Wildman–Crippen LogP) is 3.06. The number of ketones is 1. The molecule has 116 valence electrons. The molecule has 0 unspecified atom stereocenters. The van der Waals surface area contributed by atoms with E-state index in [0.717, 1.165) is 31.1 Å². The third-order valence-electron chi connectivity index (χ3n) is 6.70. The van der Waals surface area contributed by atoms with Crippen LogP contribution in [0.1, 0.15) is 59.3 Å². The molecule has 3 aliphatic carbocycles. The van der Waals surface area contributed by atoms with Crippen molar-refractivity contribution in [2.75, 3.05) is 0 Å². The SMILES string of the molecule is CC1(C)CCC[C@@]2(C)C3=CC(=O)CC[C@]3(C=O)[C@H](O)C[C@H]12. The quantitative estimate of drug-likeness (QED) is 0.755. The van der Waals surface area contributed by atoms with Crippen molar-refractivity contribution in [2.45, 2.75) is 65.4 Å². The van der Waals surface area contributed by atoms with Gasteiger partial charge in [0.1, 0.15) is 6.29 Å². The summed E-state index contributed by atoms with van der Waals surface area (Å²) in [4.78, 5) is 23.9. The Hall–Kier alpha value is -0.960. The first-order chi connectivity index (χ1) is 9.76. The zero-order valence-corrected chi connectivity index (χ0v) is 13.3. The van der Waals surface area contributed by atoms with Crippen molar-refractivity contribution >= 4 is 12.1 Å². The number of hydrogen-bond acceptors (Lipinski definition) is 3. The van der Waals surface area contributed by atoms with Gasteiger partial charge in [0.15, 0.2) is 5.78 Å². The van der Waals surface area contributed by atoms with Gasteiger partial charge in [0.25, 0.3) is 0 Å². The van der Waals surface area contributed by atoms with Gasteiger partial charge in [-0.25, -0.2) is 0 Å². The summed E-state index contributed by atoms with van der Waals surface area (Å²) in [5.41, 5.74) is 0.132. The molecule has 0 saturated heterocycles. The summed E-state index contributed by atoms with van der Waals surface area (Å²) in [5, 5.41) is 10.7. The van der Waals surface area contributed by atoms with Gasteiger partial charge in [-0.3, -0.25) is 4.79 Å². The molecule has 1 N–H and O–H groups in total. The Labute approximate surface area is 126 Å². The highest BCUT2D eigenvalue weighted by Crippen LogP contribution is 2.65. The molecule has 3 aliphatic rings. The van der Waals surface area contributed by atoms with Crippen molar-refractivity contribution in [1.82, 2.24) is 0 Å². The van der Waals surface area contributed by atoms with Crippen molar-refractivity contribution in [3.05, 3.63) is 11.6 Å². The van der Waals surface area contributed by atoms with Gasteiger partial charge in [0.05, 0.1) is 11.5 Å². The van der Waals surface area contributed by atoms with E-state index in [2.05, 4.69) is 20.8 Å². The first-order valence-electron chi connectivity index (χ1n) is 8.16. The Morgan fingerprint density at radius 3 is 2.62 bits per heavy atom. The average molecular weight is 290 g/mol. The number of rotatable bonds is 1. The second kappa shape index (κ2) is 4.52. The van der Waals surface area contributed by atoms with E-state index in [1.165, 1.54) is 0 Å². The van der Waals surface area contributed by atoms with Crippen molar-refractivity contribution in [3.63, 3.8) is 0 Å². The molecular weight excluding hydrogens is 264 g/mol. The van der Waals surface area contributed by atoms with E-state index in [4.69, 9.17) is 0 Å². The molecule has 0 aliphatic heterocycles. The van der Waals surface area contributed by atoms with Crippen LogP contribution < -0.4 is 0 Å². The van der Waals surface area contributed by atoms with Crippen LogP contribution in [0, 0.1) is 22.2 Å². The molecule has 0 heterocycles. The highest BCUT2D eigenvalue weighted by molar-refractivity contribution is 5.94. The predicted molar refractivity (Wildman–Crippen MR) is 80.7 cm³/mol. The number of allylic oxidation sites excluding steroid dienone is 1. The second-order valence-electron chi connectivity index (χ2n) is 8.25. The molecule has 0 bridgehead atoms. The first-order valence-corrected chi connectivity index (χ1v) is 8.16. The lowest BCUT2D eigenvalue weighted by atomic mass is 9.43. The van der Waals surface area contributed by atoms with Crippen LogP contribution in [0.25, 0.3) is 0 Å². The molecule has 0 aromatic rings. The highest BCUT2D eigenvalue weighted by atomic mass is 16.3. The Balaban J connectivity index is 2.17. The average Bonchev–Trinajstić information content (AvgIpc) is 2.42. The molecule has 2 fully saturated rings. The van der Waals surface area contributed by atoms with Gasteiger partial charge >= 0.3 is 0 Å². The van der Waals surface area contributed by atoms with Crippen LogP contribution in [-0.2, 0) is 9.59 Å². The fourth-order valence-corrected chi connectivity index (χ4v) is 5.53. The topological polar surface area (TPSA) is 54.4 Å². The largest absolute Gasteiger partial charge is 0.392 e.